The Balaban J connectivity index is 0. The van der Waals surface area contributed by atoms with Gasteiger partial charge in [-0.3, -0.25) is 0 Å². The minimum Gasteiger partial charge on any atom is -0.550 e. The van der Waals surface area contributed by atoms with E-state index in [2.05, 4.69) is 0 Å². The summed E-state index contributed by atoms with van der Waals surface area (Å²) in [4.78, 5) is 30.0. The Bertz CT molecular complexity index is 233. The van der Waals surface area contributed by atoms with E-state index in [1.807, 2.05) is 0 Å². The second kappa shape index (κ2) is 5.78. The average Bonchev–Trinajstić information content (AvgIpc) is 1.82. The first-order valence-electron chi connectivity index (χ1n) is 3.11. The van der Waals surface area contributed by atoms with Crippen LogP contribution in [0.5, 0.6) is 0 Å². The summed E-state index contributed by atoms with van der Waals surface area (Å²) in [6.45, 7) is 0. The van der Waals surface area contributed by atoms with Crippen LogP contribution in [0.3, 0.4) is 0 Å². The average molecular weight is 213 g/mol. The molecule has 0 aromatic rings. The highest BCUT2D eigenvalue weighted by Gasteiger charge is 2.29. The second-order valence-electron chi connectivity index (χ2n) is 2.42. The number of carboxylic acids is 3. The van der Waals surface area contributed by atoms with Crippen molar-refractivity contribution in [1.82, 2.24) is 0 Å². The molecule has 14 heavy (non-hydrogen) atoms. The van der Waals surface area contributed by atoms with Crippen molar-refractivity contribution >= 4 is 41.0 Å². The number of hydrogen-bond donors (Lipinski definition) is 1. The van der Waals surface area contributed by atoms with Crippen LogP contribution in [0, 0.1) is 0 Å². The summed E-state index contributed by atoms with van der Waals surface area (Å²) in [6.07, 6.45) is -2.72. The summed E-state index contributed by atoms with van der Waals surface area (Å²) in [7, 11) is 0. The predicted octanol–water partition coefficient (Wildman–Crippen LogP) is -5.63. The van der Waals surface area contributed by atoms with Gasteiger partial charge in [-0.2, -0.15) is 0 Å². The molecule has 0 aromatic carbocycles. The van der Waals surface area contributed by atoms with Crippen LogP contribution in [-0.4, -0.2) is 51.7 Å². The fourth-order valence-corrected chi connectivity index (χ4v) is 0.684. The van der Waals surface area contributed by atoms with Gasteiger partial charge in [-0.1, -0.05) is 0 Å². The molecule has 0 saturated heterocycles. The van der Waals surface area contributed by atoms with E-state index in [-0.39, 0.29) is 23.1 Å². The largest absolute Gasteiger partial charge is 0.550 e. The summed E-state index contributed by atoms with van der Waals surface area (Å²) in [5.41, 5.74) is -2.97. The first-order valence-corrected chi connectivity index (χ1v) is 3.11. The van der Waals surface area contributed by atoms with Crippen molar-refractivity contribution in [3.05, 3.63) is 0 Å². The summed E-state index contributed by atoms with van der Waals surface area (Å²) in [6, 6.07) is 0. The van der Waals surface area contributed by atoms with Gasteiger partial charge in [0, 0.05) is 47.8 Å². The number of carbonyl (C=O) groups is 3. The fourth-order valence-electron chi connectivity index (χ4n) is 0.684. The summed E-state index contributed by atoms with van der Waals surface area (Å²) in [5, 5.41) is 38.9. The predicted molar refractivity (Wildman–Crippen MR) is 35.0 cm³/mol. The molecule has 0 saturated carbocycles. The van der Waals surface area contributed by atoms with E-state index in [0.29, 0.717) is 0 Å². The highest BCUT2D eigenvalue weighted by molar-refractivity contribution is 5.86. The fraction of sp³-hybridized carbons (Fsp3) is 0.500. The van der Waals surface area contributed by atoms with E-state index in [1.165, 1.54) is 0 Å². The van der Waals surface area contributed by atoms with Crippen LogP contribution in [0.4, 0.5) is 0 Å². The molecule has 0 heterocycles. The van der Waals surface area contributed by atoms with Gasteiger partial charge in [0.05, 0.1) is 5.97 Å². The molecular weight excluding hydrogens is 208 g/mol. The van der Waals surface area contributed by atoms with Crippen LogP contribution in [0.15, 0.2) is 0 Å². The molecule has 2 radical (unpaired) electrons. The Hall–Kier alpha value is -0.864. The van der Waals surface area contributed by atoms with Crippen LogP contribution < -0.4 is 15.3 Å². The molecule has 0 unspecified atom stereocenters. The molecule has 0 aliphatic heterocycles. The maximum atomic E-state index is 10.1. The third-order valence-electron chi connectivity index (χ3n) is 1.25. The molecule has 1 N–H and O–H groups in total. The molecule has 0 bridgehead atoms. The molecule has 0 aliphatic rings. The van der Waals surface area contributed by atoms with E-state index in [0.717, 1.165) is 0 Å². The van der Waals surface area contributed by atoms with Crippen molar-refractivity contribution in [2.45, 2.75) is 18.4 Å². The summed E-state index contributed by atoms with van der Waals surface area (Å²) >= 11 is 0. The first kappa shape index (κ1) is 15.6. The summed E-state index contributed by atoms with van der Waals surface area (Å²) in [5.74, 6) is -5.98. The SMILES string of the molecule is O=C([O-])CC(O)(CC(=O)[O-])C(=O)[O-].[Mg]. The molecule has 0 fully saturated rings. The number of hydrogen-bond acceptors (Lipinski definition) is 7. The van der Waals surface area contributed by atoms with E-state index in [4.69, 9.17) is 5.11 Å². The van der Waals surface area contributed by atoms with Crippen LogP contribution in [0.2, 0.25) is 0 Å². The van der Waals surface area contributed by atoms with Crippen molar-refractivity contribution in [2.24, 2.45) is 0 Å². The minimum atomic E-state index is -2.97. The lowest BCUT2D eigenvalue weighted by Crippen LogP contribution is -2.54. The quantitative estimate of drug-likeness (QED) is 0.449. The number of aliphatic hydroxyl groups is 1. The van der Waals surface area contributed by atoms with Gasteiger partial charge in [0.2, 0.25) is 0 Å². The number of carboxylic acid groups (broad SMARTS) is 3. The van der Waals surface area contributed by atoms with Gasteiger partial charge in [-0.05, 0) is 0 Å². The smallest absolute Gasteiger partial charge is 0.114 e. The molecule has 0 amide bonds. The van der Waals surface area contributed by atoms with Crippen molar-refractivity contribution in [3.8, 4) is 0 Å². The standard InChI is InChI=1S/C6H8O7.Mg/c7-3(8)1-6(13,5(11)12)2-4(9)10;/h13H,1-2H2,(H,7,8)(H,9,10)(H,11,12);/p-3. The Morgan fingerprint density at radius 3 is 1.43 bits per heavy atom. The molecule has 0 rings (SSSR count). The van der Waals surface area contributed by atoms with Crippen molar-refractivity contribution in [1.29, 1.82) is 0 Å². The van der Waals surface area contributed by atoms with Crippen molar-refractivity contribution in [3.63, 3.8) is 0 Å². The van der Waals surface area contributed by atoms with Crippen LogP contribution in [-0.2, 0) is 14.4 Å². The molecule has 0 aromatic heterocycles. The Morgan fingerprint density at radius 1 is 1.00 bits per heavy atom. The molecule has 0 atom stereocenters. The molecule has 7 nitrogen and oxygen atoms in total. The monoisotopic (exact) mass is 213 g/mol. The normalized spacial score (nSPS) is 10.1. The minimum absolute atomic E-state index is 0. The lowest BCUT2D eigenvalue weighted by atomic mass is 9.96. The third-order valence-corrected chi connectivity index (χ3v) is 1.25. The molecule has 0 aliphatic carbocycles. The van der Waals surface area contributed by atoms with Crippen LogP contribution in [0.25, 0.3) is 0 Å². The number of carbonyl (C=O) groups excluding carboxylic acids is 3. The lowest BCUT2D eigenvalue weighted by Gasteiger charge is -2.29. The van der Waals surface area contributed by atoms with E-state index < -0.39 is 36.4 Å². The maximum Gasteiger partial charge on any atom is 0.114 e. The Morgan fingerprint density at radius 2 is 1.29 bits per heavy atom. The van der Waals surface area contributed by atoms with Gasteiger partial charge in [-0.25, -0.2) is 0 Å². The van der Waals surface area contributed by atoms with Crippen molar-refractivity contribution in [2.75, 3.05) is 0 Å². The van der Waals surface area contributed by atoms with Crippen molar-refractivity contribution < 1.29 is 34.8 Å². The zero-order chi connectivity index (χ0) is 10.6. The lowest BCUT2D eigenvalue weighted by molar-refractivity contribution is -0.339. The maximum absolute atomic E-state index is 10.1. The highest BCUT2D eigenvalue weighted by atomic mass is 24.3. The molecule has 76 valence electrons. The number of aliphatic carboxylic acids is 3. The number of rotatable bonds is 5. The third kappa shape index (κ3) is 4.99. The second-order valence-corrected chi connectivity index (χ2v) is 2.42. The Labute approximate surface area is 94.5 Å². The Kier molecular flexibility index (Phi) is 6.44. The molecular formula is C6H5MgO7-3. The summed E-state index contributed by atoms with van der Waals surface area (Å²) < 4.78 is 0. The molecule has 8 heteroatoms. The van der Waals surface area contributed by atoms with Gasteiger partial charge < -0.3 is 34.8 Å². The van der Waals surface area contributed by atoms with Gasteiger partial charge in [0.15, 0.2) is 0 Å². The zero-order valence-corrected chi connectivity index (χ0v) is 8.43. The first-order chi connectivity index (χ1) is 5.78. The van der Waals surface area contributed by atoms with Crippen LogP contribution >= 0.6 is 0 Å². The van der Waals surface area contributed by atoms with E-state index in [9.17, 15) is 29.7 Å². The topological polar surface area (TPSA) is 141 Å². The van der Waals surface area contributed by atoms with Gasteiger partial charge in [0.25, 0.3) is 0 Å². The van der Waals surface area contributed by atoms with E-state index in [1.54, 1.807) is 0 Å². The highest BCUT2D eigenvalue weighted by Crippen LogP contribution is 2.13. The van der Waals surface area contributed by atoms with Gasteiger partial charge >= 0.3 is 0 Å². The van der Waals surface area contributed by atoms with Gasteiger partial charge in [0.1, 0.15) is 5.60 Å². The van der Waals surface area contributed by atoms with E-state index >= 15 is 0 Å². The molecule has 0 spiro atoms. The van der Waals surface area contributed by atoms with Gasteiger partial charge in [-0.15, -0.1) is 0 Å². The van der Waals surface area contributed by atoms with Crippen LogP contribution in [0.1, 0.15) is 12.8 Å². The zero-order valence-electron chi connectivity index (χ0n) is 7.02.